The first kappa shape index (κ1) is 13.4. The van der Waals surface area contributed by atoms with Gasteiger partial charge in [0.25, 0.3) is 0 Å². The van der Waals surface area contributed by atoms with Gasteiger partial charge in [-0.25, -0.2) is 4.39 Å². The smallest absolute Gasteiger partial charge is 0.139 e. The molecule has 1 unspecified atom stereocenters. The number of benzene rings is 2. The van der Waals surface area contributed by atoms with E-state index in [4.69, 9.17) is 4.74 Å². The minimum absolute atomic E-state index is 0.249. The molecule has 1 aliphatic rings. The van der Waals surface area contributed by atoms with Crippen molar-refractivity contribution in [3.8, 4) is 5.75 Å². The van der Waals surface area contributed by atoms with Gasteiger partial charge in [-0.15, -0.1) is 0 Å². The molecule has 0 radical (unpaired) electrons. The van der Waals surface area contributed by atoms with Gasteiger partial charge in [0.2, 0.25) is 0 Å². The van der Waals surface area contributed by atoms with Crippen molar-refractivity contribution >= 4 is 21.6 Å². The number of anilines is 1. The SMILES string of the molecule is Cc1cc(Br)c(F)cc1NCC1COc2ccccc21. The maximum Gasteiger partial charge on any atom is 0.139 e. The lowest BCUT2D eigenvalue weighted by Gasteiger charge is -2.14. The molecule has 2 aromatic rings. The standard InChI is InChI=1S/C16H15BrFNO/c1-10-6-13(17)14(18)7-15(10)19-8-11-9-20-16-5-3-2-4-12(11)16/h2-7,11,19H,8-9H2,1H3. The summed E-state index contributed by atoms with van der Waals surface area (Å²) in [5.74, 6) is 1.01. The Morgan fingerprint density at radius 3 is 3.00 bits per heavy atom. The predicted molar refractivity (Wildman–Crippen MR) is 82.0 cm³/mol. The summed E-state index contributed by atoms with van der Waals surface area (Å²) in [7, 11) is 0. The number of ether oxygens (including phenoxy) is 1. The average molecular weight is 336 g/mol. The van der Waals surface area contributed by atoms with E-state index in [1.807, 2.05) is 25.1 Å². The third kappa shape index (κ3) is 2.52. The molecule has 104 valence electrons. The molecule has 20 heavy (non-hydrogen) atoms. The summed E-state index contributed by atoms with van der Waals surface area (Å²) in [4.78, 5) is 0. The number of rotatable bonds is 3. The Morgan fingerprint density at radius 1 is 1.35 bits per heavy atom. The number of nitrogens with one attached hydrogen (secondary N) is 1. The fourth-order valence-electron chi connectivity index (χ4n) is 2.47. The van der Waals surface area contributed by atoms with Gasteiger partial charge in [-0.05, 0) is 46.6 Å². The van der Waals surface area contributed by atoms with Crippen LogP contribution in [-0.2, 0) is 0 Å². The van der Waals surface area contributed by atoms with Crippen LogP contribution >= 0.6 is 15.9 Å². The van der Waals surface area contributed by atoms with Crippen molar-refractivity contribution in [2.45, 2.75) is 12.8 Å². The number of halogens is 2. The number of aryl methyl sites for hydroxylation is 1. The van der Waals surface area contributed by atoms with E-state index in [1.165, 1.54) is 11.6 Å². The Bertz CT molecular complexity index is 644. The van der Waals surface area contributed by atoms with E-state index in [1.54, 1.807) is 6.07 Å². The molecule has 1 N–H and O–H groups in total. The average Bonchev–Trinajstić information content (AvgIpc) is 2.85. The highest BCUT2D eigenvalue weighted by Crippen LogP contribution is 2.34. The number of hydrogen-bond acceptors (Lipinski definition) is 2. The second kappa shape index (κ2) is 5.44. The van der Waals surface area contributed by atoms with Gasteiger partial charge in [0.15, 0.2) is 0 Å². The van der Waals surface area contributed by atoms with E-state index in [9.17, 15) is 4.39 Å². The molecule has 1 aliphatic heterocycles. The van der Waals surface area contributed by atoms with Gasteiger partial charge in [-0.3, -0.25) is 0 Å². The predicted octanol–water partition coefficient (Wildman–Crippen LogP) is 4.48. The summed E-state index contributed by atoms with van der Waals surface area (Å²) < 4.78 is 19.7. The zero-order chi connectivity index (χ0) is 14.1. The highest BCUT2D eigenvalue weighted by Gasteiger charge is 2.23. The van der Waals surface area contributed by atoms with Crippen molar-refractivity contribution in [3.63, 3.8) is 0 Å². The monoisotopic (exact) mass is 335 g/mol. The maximum atomic E-state index is 13.6. The van der Waals surface area contributed by atoms with Crippen molar-refractivity contribution in [3.05, 3.63) is 57.8 Å². The molecule has 3 rings (SSSR count). The Labute approximate surface area is 126 Å². The quantitative estimate of drug-likeness (QED) is 0.892. The molecule has 0 aliphatic carbocycles. The summed E-state index contributed by atoms with van der Waals surface area (Å²) in [6.45, 7) is 3.37. The Hall–Kier alpha value is -1.55. The molecule has 0 amide bonds. The van der Waals surface area contributed by atoms with Gasteiger partial charge in [0.05, 0.1) is 11.1 Å². The summed E-state index contributed by atoms with van der Waals surface area (Å²) >= 11 is 3.20. The van der Waals surface area contributed by atoms with Crippen LogP contribution in [0.2, 0.25) is 0 Å². The fraction of sp³-hybridized carbons (Fsp3) is 0.250. The van der Waals surface area contributed by atoms with Crippen LogP contribution in [0, 0.1) is 12.7 Å². The Kier molecular flexibility index (Phi) is 3.66. The Balaban J connectivity index is 1.74. The molecular formula is C16H15BrFNO. The highest BCUT2D eigenvalue weighted by molar-refractivity contribution is 9.10. The zero-order valence-corrected chi connectivity index (χ0v) is 12.7. The van der Waals surface area contributed by atoms with Crippen molar-refractivity contribution in [2.75, 3.05) is 18.5 Å². The molecule has 1 atom stereocenters. The molecule has 0 bridgehead atoms. The van der Waals surface area contributed by atoms with Gasteiger partial charge < -0.3 is 10.1 Å². The van der Waals surface area contributed by atoms with Crippen LogP contribution in [0.25, 0.3) is 0 Å². The molecule has 0 fully saturated rings. The molecule has 0 spiro atoms. The normalized spacial score (nSPS) is 16.6. The zero-order valence-electron chi connectivity index (χ0n) is 11.1. The first-order chi connectivity index (χ1) is 9.65. The van der Waals surface area contributed by atoms with Crippen molar-refractivity contribution in [2.24, 2.45) is 0 Å². The van der Waals surface area contributed by atoms with E-state index in [0.717, 1.165) is 23.5 Å². The first-order valence-electron chi connectivity index (χ1n) is 6.56. The molecule has 1 heterocycles. The summed E-state index contributed by atoms with van der Waals surface area (Å²) in [5, 5.41) is 3.32. The first-order valence-corrected chi connectivity index (χ1v) is 7.35. The van der Waals surface area contributed by atoms with Crippen LogP contribution in [-0.4, -0.2) is 13.2 Å². The minimum atomic E-state index is -0.249. The largest absolute Gasteiger partial charge is 0.493 e. The third-order valence-electron chi connectivity index (χ3n) is 3.61. The van der Waals surface area contributed by atoms with E-state index in [-0.39, 0.29) is 5.82 Å². The lowest BCUT2D eigenvalue weighted by Crippen LogP contribution is -2.14. The molecule has 4 heteroatoms. The van der Waals surface area contributed by atoms with E-state index >= 15 is 0 Å². The van der Waals surface area contributed by atoms with Crippen molar-refractivity contribution in [1.29, 1.82) is 0 Å². The van der Waals surface area contributed by atoms with Crippen molar-refractivity contribution in [1.82, 2.24) is 0 Å². The summed E-state index contributed by atoms with van der Waals surface area (Å²) in [6.07, 6.45) is 0. The van der Waals surface area contributed by atoms with Crippen LogP contribution in [0.4, 0.5) is 10.1 Å². The molecule has 2 nitrogen and oxygen atoms in total. The summed E-state index contributed by atoms with van der Waals surface area (Å²) in [5.41, 5.74) is 3.07. The second-order valence-corrected chi connectivity index (χ2v) is 5.86. The Morgan fingerprint density at radius 2 is 2.15 bits per heavy atom. The van der Waals surface area contributed by atoms with E-state index < -0.39 is 0 Å². The summed E-state index contributed by atoms with van der Waals surface area (Å²) in [6, 6.07) is 11.4. The molecular weight excluding hydrogens is 321 g/mol. The number of para-hydroxylation sites is 1. The fourth-order valence-corrected chi connectivity index (χ4v) is 2.93. The lowest BCUT2D eigenvalue weighted by molar-refractivity contribution is 0.334. The van der Waals surface area contributed by atoms with Crippen LogP contribution in [0.15, 0.2) is 40.9 Å². The molecule has 0 saturated carbocycles. The van der Waals surface area contributed by atoms with Crippen LogP contribution in [0.1, 0.15) is 17.0 Å². The van der Waals surface area contributed by atoms with Gasteiger partial charge in [-0.2, -0.15) is 0 Å². The third-order valence-corrected chi connectivity index (χ3v) is 4.21. The van der Waals surface area contributed by atoms with E-state index in [0.29, 0.717) is 17.0 Å². The molecule has 0 aromatic heterocycles. The number of fused-ring (bicyclic) bond motifs is 1. The van der Waals surface area contributed by atoms with Gasteiger partial charge in [0, 0.05) is 23.7 Å². The van der Waals surface area contributed by atoms with Crippen LogP contribution in [0.5, 0.6) is 5.75 Å². The molecule has 2 aromatic carbocycles. The topological polar surface area (TPSA) is 21.3 Å². The maximum absolute atomic E-state index is 13.6. The highest BCUT2D eigenvalue weighted by atomic mass is 79.9. The number of hydrogen-bond donors (Lipinski definition) is 1. The van der Waals surface area contributed by atoms with Crippen molar-refractivity contribution < 1.29 is 9.13 Å². The van der Waals surface area contributed by atoms with Gasteiger partial charge in [0.1, 0.15) is 11.6 Å². The second-order valence-electron chi connectivity index (χ2n) is 5.01. The minimum Gasteiger partial charge on any atom is -0.493 e. The van der Waals surface area contributed by atoms with Crippen LogP contribution < -0.4 is 10.1 Å². The van der Waals surface area contributed by atoms with Crippen LogP contribution in [0.3, 0.4) is 0 Å². The molecule has 0 saturated heterocycles. The lowest BCUT2D eigenvalue weighted by atomic mass is 10.0. The van der Waals surface area contributed by atoms with E-state index in [2.05, 4.69) is 27.3 Å². The van der Waals surface area contributed by atoms with Gasteiger partial charge >= 0.3 is 0 Å². The van der Waals surface area contributed by atoms with Gasteiger partial charge in [-0.1, -0.05) is 18.2 Å².